The van der Waals surface area contributed by atoms with Crippen LogP contribution in [0.1, 0.15) is 66.4 Å². The Morgan fingerprint density at radius 1 is 1.11 bits per heavy atom. The Bertz CT molecular complexity index is 1100. The SMILES string of the molecule is CC(=O)Nc1nc(CCc2ccc(N=C(N)N)cc2)c(C(=O)NCCC(=O)N(C)CC2CCCCC2)s1. The van der Waals surface area contributed by atoms with Crippen LogP contribution >= 0.6 is 11.3 Å². The van der Waals surface area contributed by atoms with Crippen molar-refractivity contribution in [1.82, 2.24) is 15.2 Å². The van der Waals surface area contributed by atoms with E-state index in [-0.39, 0.29) is 36.6 Å². The molecule has 1 aliphatic carbocycles. The van der Waals surface area contributed by atoms with Gasteiger partial charge >= 0.3 is 0 Å². The second kappa shape index (κ2) is 13.7. The number of aliphatic imine (C=N–C) groups is 1. The fraction of sp³-hybridized carbons (Fsp3) is 0.500. The molecule has 1 aliphatic rings. The molecule has 0 aliphatic heterocycles. The van der Waals surface area contributed by atoms with Crippen molar-refractivity contribution in [2.45, 2.75) is 58.3 Å². The van der Waals surface area contributed by atoms with E-state index in [0.717, 1.165) is 23.4 Å². The highest BCUT2D eigenvalue weighted by molar-refractivity contribution is 7.17. The van der Waals surface area contributed by atoms with Gasteiger partial charge in [-0.05, 0) is 49.3 Å². The van der Waals surface area contributed by atoms with E-state index < -0.39 is 0 Å². The van der Waals surface area contributed by atoms with Gasteiger partial charge in [0.1, 0.15) is 4.88 Å². The largest absolute Gasteiger partial charge is 0.370 e. The summed E-state index contributed by atoms with van der Waals surface area (Å²) in [6.45, 7) is 2.42. The number of anilines is 1. The van der Waals surface area contributed by atoms with Crippen LogP contribution in [0.5, 0.6) is 0 Å². The molecule has 11 heteroatoms. The summed E-state index contributed by atoms with van der Waals surface area (Å²) >= 11 is 1.13. The predicted molar refractivity (Wildman–Crippen MR) is 147 cm³/mol. The molecule has 1 saturated carbocycles. The van der Waals surface area contributed by atoms with Gasteiger partial charge in [-0.25, -0.2) is 9.98 Å². The van der Waals surface area contributed by atoms with E-state index in [1.807, 2.05) is 31.3 Å². The molecular weight excluding hydrogens is 490 g/mol. The van der Waals surface area contributed by atoms with Crippen LogP contribution in [0.3, 0.4) is 0 Å². The first-order valence-electron chi connectivity index (χ1n) is 12.7. The van der Waals surface area contributed by atoms with Gasteiger partial charge in [0.25, 0.3) is 5.91 Å². The summed E-state index contributed by atoms with van der Waals surface area (Å²) < 4.78 is 0. The Kier molecular flexibility index (Phi) is 10.4. The fourth-order valence-corrected chi connectivity index (χ4v) is 5.44. The normalized spacial score (nSPS) is 13.6. The van der Waals surface area contributed by atoms with Crippen molar-refractivity contribution < 1.29 is 14.4 Å². The van der Waals surface area contributed by atoms with Crippen molar-refractivity contribution in [2.75, 3.05) is 25.5 Å². The molecule has 0 atom stereocenters. The Balaban J connectivity index is 1.57. The topological polar surface area (TPSA) is 156 Å². The second-order valence-corrected chi connectivity index (χ2v) is 10.5. The van der Waals surface area contributed by atoms with Crippen LogP contribution < -0.4 is 22.1 Å². The Hall–Kier alpha value is -3.47. The zero-order chi connectivity index (χ0) is 26.8. The van der Waals surface area contributed by atoms with Crippen LogP contribution in [0.15, 0.2) is 29.3 Å². The van der Waals surface area contributed by atoms with Crippen LogP contribution in [-0.4, -0.2) is 53.7 Å². The predicted octanol–water partition coefficient (Wildman–Crippen LogP) is 2.95. The minimum absolute atomic E-state index is 0.00561. The molecule has 3 amide bonds. The van der Waals surface area contributed by atoms with Gasteiger partial charge < -0.3 is 27.0 Å². The fourth-order valence-electron chi connectivity index (χ4n) is 4.46. The molecule has 0 saturated heterocycles. The van der Waals surface area contributed by atoms with E-state index in [0.29, 0.717) is 40.1 Å². The van der Waals surface area contributed by atoms with Gasteiger partial charge in [0.15, 0.2) is 11.1 Å². The van der Waals surface area contributed by atoms with Gasteiger partial charge in [-0.15, -0.1) is 0 Å². The average Bonchev–Trinajstić information content (AvgIpc) is 3.25. The number of thiazole rings is 1. The zero-order valence-corrected chi connectivity index (χ0v) is 22.4. The third-order valence-corrected chi connectivity index (χ3v) is 7.35. The van der Waals surface area contributed by atoms with Crippen molar-refractivity contribution >= 4 is 45.8 Å². The van der Waals surface area contributed by atoms with Crippen molar-refractivity contribution in [3.8, 4) is 0 Å². The molecule has 0 bridgehead atoms. The lowest BCUT2D eigenvalue weighted by Gasteiger charge is -2.27. The average molecular weight is 528 g/mol. The Morgan fingerprint density at radius 2 is 1.81 bits per heavy atom. The molecule has 1 heterocycles. The summed E-state index contributed by atoms with van der Waals surface area (Å²) in [4.78, 5) is 47.8. The van der Waals surface area contributed by atoms with Gasteiger partial charge in [0, 0.05) is 33.5 Å². The van der Waals surface area contributed by atoms with Gasteiger partial charge in [0.05, 0.1) is 11.4 Å². The van der Waals surface area contributed by atoms with Crippen molar-refractivity contribution in [1.29, 1.82) is 0 Å². The van der Waals surface area contributed by atoms with Crippen LogP contribution in [0.25, 0.3) is 0 Å². The van der Waals surface area contributed by atoms with E-state index in [4.69, 9.17) is 11.5 Å². The molecule has 2 aromatic rings. The van der Waals surface area contributed by atoms with Crippen molar-refractivity contribution in [2.24, 2.45) is 22.4 Å². The first-order chi connectivity index (χ1) is 17.7. The quantitative estimate of drug-likeness (QED) is 0.260. The summed E-state index contributed by atoms with van der Waals surface area (Å²) in [6.07, 6.45) is 7.50. The van der Waals surface area contributed by atoms with Gasteiger partial charge in [-0.2, -0.15) is 0 Å². The highest BCUT2D eigenvalue weighted by atomic mass is 32.1. The number of carbonyl (C=O) groups is 3. The van der Waals surface area contributed by atoms with E-state index in [1.165, 1.54) is 39.0 Å². The highest BCUT2D eigenvalue weighted by Crippen LogP contribution is 2.26. The number of hydrogen-bond acceptors (Lipinski definition) is 6. The lowest BCUT2D eigenvalue weighted by atomic mass is 9.89. The van der Waals surface area contributed by atoms with Crippen LogP contribution in [0.2, 0.25) is 0 Å². The first kappa shape index (κ1) is 28.1. The van der Waals surface area contributed by atoms with Crippen LogP contribution in [0.4, 0.5) is 10.8 Å². The van der Waals surface area contributed by atoms with E-state index >= 15 is 0 Å². The van der Waals surface area contributed by atoms with Crippen molar-refractivity contribution in [3.05, 3.63) is 40.4 Å². The number of carbonyl (C=O) groups excluding carboxylic acids is 3. The number of aromatic nitrogens is 1. The Labute approximate surface area is 221 Å². The first-order valence-corrected chi connectivity index (χ1v) is 13.5. The Morgan fingerprint density at radius 3 is 2.46 bits per heavy atom. The number of hydrogen-bond donors (Lipinski definition) is 4. The molecule has 1 aromatic carbocycles. The molecular formula is C26H37N7O3S. The number of guanidine groups is 1. The molecule has 6 N–H and O–H groups in total. The molecule has 37 heavy (non-hydrogen) atoms. The van der Waals surface area contributed by atoms with Crippen LogP contribution in [-0.2, 0) is 22.4 Å². The van der Waals surface area contributed by atoms with E-state index in [9.17, 15) is 14.4 Å². The number of nitrogens with one attached hydrogen (secondary N) is 2. The lowest BCUT2D eigenvalue weighted by molar-refractivity contribution is -0.130. The van der Waals surface area contributed by atoms with E-state index in [2.05, 4.69) is 20.6 Å². The maximum Gasteiger partial charge on any atom is 0.263 e. The molecule has 200 valence electrons. The van der Waals surface area contributed by atoms with E-state index in [1.54, 1.807) is 4.90 Å². The lowest BCUT2D eigenvalue weighted by Crippen LogP contribution is -2.35. The standard InChI is InChI=1S/C26H37N7O3S/c1-17(34)30-26-32-21(13-10-18-8-11-20(12-9-18)31-25(27)28)23(37-26)24(36)29-15-14-22(35)33(2)16-19-6-4-3-5-7-19/h8-9,11-12,19H,3-7,10,13-16H2,1-2H3,(H,29,36)(H4,27,28,31)(H,30,32,34). The second-order valence-electron chi connectivity index (χ2n) is 9.46. The monoisotopic (exact) mass is 527 g/mol. The molecule has 10 nitrogen and oxygen atoms in total. The summed E-state index contributed by atoms with van der Waals surface area (Å²) in [5.41, 5.74) is 13.1. The highest BCUT2D eigenvalue weighted by Gasteiger charge is 2.21. The molecule has 1 aromatic heterocycles. The number of rotatable bonds is 11. The number of nitrogens with zero attached hydrogens (tertiary/aromatic N) is 3. The van der Waals surface area contributed by atoms with Gasteiger partial charge in [0.2, 0.25) is 11.8 Å². The summed E-state index contributed by atoms with van der Waals surface area (Å²) in [5.74, 6) is 0.0449. The third kappa shape index (κ3) is 9.16. The summed E-state index contributed by atoms with van der Waals surface area (Å²) in [5, 5.41) is 5.89. The smallest absolute Gasteiger partial charge is 0.263 e. The third-order valence-electron chi connectivity index (χ3n) is 6.34. The molecule has 0 unspecified atom stereocenters. The summed E-state index contributed by atoms with van der Waals surface area (Å²) in [6, 6.07) is 7.46. The minimum atomic E-state index is -0.296. The van der Waals surface area contributed by atoms with Gasteiger partial charge in [-0.3, -0.25) is 14.4 Å². The van der Waals surface area contributed by atoms with Crippen molar-refractivity contribution in [3.63, 3.8) is 0 Å². The van der Waals surface area contributed by atoms with Gasteiger partial charge in [-0.1, -0.05) is 42.7 Å². The number of benzene rings is 1. The van der Waals surface area contributed by atoms with Crippen LogP contribution in [0, 0.1) is 5.92 Å². The number of nitrogens with two attached hydrogens (primary N) is 2. The summed E-state index contributed by atoms with van der Waals surface area (Å²) in [7, 11) is 1.84. The minimum Gasteiger partial charge on any atom is -0.370 e. The maximum atomic E-state index is 13.0. The zero-order valence-electron chi connectivity index (χ0n) is 21.6. The molecule has 3 rings (SSSR count). The maximum absolute atomic E-state index is 13.0. The molecule has 0 radical (unpaired) electrons. The number of amides is 3. The molecule has 0 spiro atoms. The number of aryl methyl sites for hydroxylation is 2. The molecule has 1 fully saturated rings.